The summed E-state index contributed by atoms with van der Waals surface area (Å²) < 4.78 is 2.30. The number of aryl methyl sites for hydroxylation is 1. The highest BCUT2D eigenvalue weighted by molar-refractivity contribution is 5.83. The van der Waals surface area contributed by atoms with E-state index in [9.17, 15) is 9.59 Å². The highest BCUT2D eigenvalue weighted by Gasteiger charge is 2.21. The smallest absolute Gasteiger partial charge is 0.374 e. The standard InChI is InChI=1S/C14H17N3O3/c1-4-10-5-7-11(8-6-10)17-14(20)16(9(2)3)12(15-17)13(18)19/h5-9H,4H2,1-3H3,(H,18,19). The molecule has 0 saturated heterocycles. The summed E-state index contributed by atoms with van der Waals surface area (Å²) in [4.78, 5) is 23.5. The van der Waals surface area contributed by atoms with E-state index in [1.807, 2.05) is 19.1 Å². The van der Waals surface area contributed by atoms with Crippen LogP contribution in [0.25, 0.3) is 5.69 Å². The van der Waals surface area contributed by atoms with Crippen molar-refractivity contribution in [1.82, 2.24) is 14.3 Å². The first-order valence-electron chi connectivity index (χ1n) is 6.49. The van der Waals surface area contributed by atoms with Crippen LogP contribution in [-0.2, 0) is 6.42 Å². The highest BCUT2D eigenvalue weighted by Crippen LogP contribution is 2.10. The fourth-order valence-corrected chi connectivity index (χ4v) is 2.03. The Kier molecular flexibility index (Phi) is 3.74. The lowest BCUT2D eigenvalue weighted by Crippen LogP contribution is -2.26. The molecule has 6 heteroatoms. The number of rotatable bonds is 4. The molecule has 0 amide bonds. The molecule has 0 aliphatic carbocycles. The molecular formula is C14H17N3O3. The van der Waals surface area contributed by atoms with Crippen molar-refractivity contribution in [3.8, 4) is 5.69 Å². The van der Waals surface area contributed by atoms with Gasteiger partial charge in [-0.1, -0.05) is 19.1 Å². The van der Waals surface area contributed by atoms with Crippen LogP contribution in [0.3, 0.4) is 0 Å². The average molecular weight is 275 g/mol. The molecule has 1 aromatic carbocycles. The van der Waals surface area contributed by atoms with E-state index in [0.717, 1.165) is 16.7 Å². The Morgan fingerprint density at radius 3 is 2.30 bits per heavy atom. The summed E-state index contributed by atoms with van der Waals surface area (Å²) in [6.45, 7) is 5.54. The quantitative estimate of drug-likeness (QED) is 0.924. The predicted molar refractivity (Wildman–Crippen MR) is 74.5 cm³/mol. The molecular weight excluding hydrogens is 258 g/mol. The second kappa shape index (κ2) is 5.32. The van der Waals surface area contributed by atoms with Gasteiger partial charge in [0.05, 0.1) is 5.69 Å². The third-order valence-corrected chi connectivity index (χ3v) is 3.11. The van der Waals surface area contributed by atoms with E-state index in [2.05, 4.69) is 5.10 Å². The van der Waals surface area contributed by atoms with E-state index in [1.165, 1.54) is 4.57 Å². The van der Waals surface area contributed by atoms with E-state index >= 15 is 0 Å². The third-order valence-electron chi connectivity index (χ3n) is 3.11. The number of hydrogen-bond acceptors (Lipinski definition) is 3. The lowest BCUT2D eigenvalue weighted by molar-refractivity contribution is 0.0675. The summed E-state index contributed by atoms with van der Waals surface area (Å²) in [6.07, 6.45) is 0.899. The summed E-state index contributed by atoms with van der Waals surface area (Å²) in [5.74, 6) is -1.45. The van der Waals surface area contributed by atoms with Crippen LogP contribution in [0.4, 0.5) is 0 Å². The fraction of sp³-hybridized carbons (Fsp3) is 0.357. The highest BCUT2D eigenvalue weighted by atomic mass is 16.4. The Hall–Kier alpha value is -2.37. The molecule has 20 heavy (non-hydrogen) atoms. The van der Waals surface area contributed by atoms with Gasteiger partial charge in [0, 0.05) is 6.04 Å². The minimum Gasteiger partial charge on any atom is -0.475 e. The van der Waals surface area contributed by atoms with Crippen LogP contribution in [-0.4, -0.2) is 25.4 Å². The number of carboxylic acid groups (broad SMARTS) is 1. The van der Waals surface area contributed by atoms with Crippen molar-refractivity contribution in [2.45, 2.75) is 33.2 Å². The van der Waals surface area contributed by atoms with Crippen molar-refractivity contribution in [2.24, 2.45) is 0 Å². The molecule has 0 spiro atoms. The van der Waals surface area contributed by atoms with Crippen molar-refractivity contribution in [1.29, 1.82) is 0 Å². The van der Waals surface area contributed by atoms with E-state index in [4.69, 9.17) is 5.11 Å². The van der Waals surface area contributed by atoms with Gasteiger partial charge in [-0.2, -0.15) is 4.68 Å². The van der Waals surface area contributed by atoms with Crippen LogP contribution in [0.15, 0.2) is 29.1 Å². The minimum atomic E-state index is -1.21. The van der Waals surface area contributed by atoms with Crippen molar-refractivity contribution in [3.05, 3.63) is 46.1 Å². The molecule has 0 bridgehead atoms. The molecule has 2 aromatic rings. The number of hydrogen-bond donors (Lipinski definition) is 1. The first-order chi connectivity index (χ1) is 9.45. The van der Waals surface area contributed by atoms with Gasteiger partial charge in [0.1, 0.15) is 0 Å². The number of carbonyl (C=O) groups is 1. The van der Waals surface area contributed by atoms with Crippen molar-refractivity contribution in [3.63, 3.8) is 0 Å². The van der Waals surface area contributed by atoms with E-state index in [0.29, 0.717) is 5.69 Å². The van der Waals surface area contributed by atoms with Gasteiger partial charge in [0.2, 0.25) is 5.82 Å². The van der Waals surface area contributed by atoms with Crippen LogP contribution in [0.1, 0.15) is 43.0 Å². The second-order valence-corrected chi connectivity index (χ2v) is 4.81. The van der Waals surface area contributed by atoms with Crippen LogP contribution in [0.5, 0.6) is 0 Å². The van der Waals surface area contributed by atoms with Gasteiger partial charge < -0.3 is 5.11 Å². The largest absolute Gasteiger partial charge is 0.475 e. The number of nitrogens with zero attached hydrogens (tertiary/aromatic N) is 3. The van der Waals surface area contributed by atoms with Crippen molar-refractivity contribution in [2.75, 3.05) is 0 Å². The molecule has 1 aromatic heterocycles. The SMILES string of the molecule is CCc1ccc(-n2nc(C(=O)O)n(C(C)C)c2=O)cc1. The monoisotopic (exact) mass is 275 g/mol. The molecule has 106 valence electrons. The zero-order chi connectivity index (χ0) is 14.9. The molecule has 1 N–H and O–H groups in total. The van der Waals surface area contributed by atoms with Crippen LogP contribution >= 0.6 is 0 Å². The van der Waals surface area contributed by atoms with Gasteiger partial charge >= 0.3 is 11.7 Å². The summed E-state index contributed by atoms with van der Waals surface area (Å²) in [7, 11) is 0. The predicted octanol–water partition coefficient (Wildman–Crippen LogP) is 1.88. The van der Waals surface area contributed by atoms with Crippen LogP contribution < -0.4 is 5.69 Å². The summed E-state index contributed by atoms with van der Waals surface area (Å²) >= 11 is 0. The summed E-state index contributed by atoms with van der Waals surface area (Å²) in [5.41, 5.74) is 1.26. The Balaban J connectivity index is 2.60. The van der Waals surface area contributed by atoms with Gasteiger partial charge in [0.25, 0.3) is 0 Å². The lowest BCUT2D eigenvalue weighted by atomic mass is 10.1. The topological polar surface area (TPSA) is 77.1 Å². The van der Waals surface area contributed by atoms with Crippen molar-refractivity contribution >= 4 is 5.97 Å². The van der Waals surface area contributed by atoms with Gasteiger partial charge in [-0.05, 0) is 38.0 Å². The molecule has 6 nitrogen and oxygen atoms in total. The normalized spacial score (nSPS) is 11.0. The third kappa shape index (κ3) is 2.36. The van der Waals surface area contributed by atoms with Crippen molar-refractivity contribution < 1.29 is 9.90 Å². The molecule has 0 saturated carbocycles. The molecule has 0 fully saturated rings. The van der Waals surface area contributed by atoms with Crippen LogP contribution in [0.2, 0.25) is 0 Å². The molecule has 0 aliphatic rings. The minimum absolute atomic E-state index is 0.246. The lowest BCUT2D eigenvalue weighted by Gasteiger charge is -2.05. The zero-order valence-electron chi connectivity index (χ0n) is 11.7. The number of carboxylic acids is 1. The van der Waals surface area contributed by atoms with E-state index in [-0.39, 0.29) is 11.9 Å². The summed E-state index contributed by atoms with van der Waals surface area (Å²) in [6, 6.07) is 7.07. The van der Waals surface area contributed by atoms with Gasteiger partial charge in [0.15, 0.2) is 0 Å². The Morgan fingerprint density at radius 2 is 1.90 bits per heavy atom. The maximum Gasteiger partial charge on any atom is 0.374 e. The summed E-state index contributed by atoms with van der Waals surface area (Å²) in [5, 5.41) is 13.1. The Morgan fingerprint density at radius 1 is 1.30 bits per heavy atom. The van der Waals surface area contributed by atoms with Gasteiger partial charge in [-0.25, -0.2) is 9.59 Å². The molecule has 2 rings (SSSR count). The fourth-order valence-electron chi connectivity index (χ4n) is 2.03. The number of aromatic nitrogens is 3. The number of aromatic carboxylic acids is 1. The second-order valence-electron chi connectivity index (χ2n) is 4.81. The molecule has 0 radical (unpaired) electrons. The molecule has 0 aliphatic heterocycles. The average Bonchev–Trinajstić information content (AvgIpc) is 2.77. The maximum absolute atomic E-state index is 12.3. The van der Waals surface area contributed by atoms with Gasteiger partial charge in [-0.15, -0.1) is 5.10 Å². The molecule has 0 unspecified atom stereocenters. The van der Waals surface area contributed by atoms with Gasteiger partial charge in [-0.3, -0.25) is 4.57 Å². The Bertz CT molecular complexity index is 681. The maximum atomic E-state index is 12.3. The van der Waals surface area contributed by atoms with E-state index in [1.54, 1.807) is 26.0 Å². The Labute approximate surface area is 116 Å². The molecule has 0 atom stereocenters. The number of benzene rings is 1. The first kappa shape index (κ1) is 14.0. The van der Waals surface area contributed by atoms with Crippen LogP contribution in [0, 0.1) is 0 Å². The zero-order valence-corrected chi connectivity index (χ0v) is 11.7. The molecule has 1 heterocycles. The van der Waals surface area contributed by atoms with E-state index < -0.39 is 11.7 Å². The first-order valence-corrected chi connectivity index (χ1v) is 6.49.